The van der Waals surface area contributed by atoms with Crippen molar-refractivity contribution in [1.82, 2.24) is 9.44 Å². The third-order valence-corrected chi connectivity index (χ3v) is 9.14. The molecule has 0 aliphatic carbocycles. The van der Waals surface area contributed by atoms with E-state index in [-0.39, 0.29) is 0 Å². The molecule has 3 rings (SSSR count). The number of carboxylic acids is 1. The highest BCUT2D eigenvalue weighted by Gasteiger charge is 2.57. The van der Waals surface area contributed by atoms with E-state index in [1.165, 1.54) is 9.44 Å². The number of aliphatic hydroxyl groups excluding tert-OH is 6. The van der Waals surface area contributed by atoms with Gasteiger partial charge in [-0.2, -0.15) is 43.1 Å². The van der Waals surface area contributed by atoms with E-state index >= 15 is 0 Å². The Morgan fingerprint density at radius 1 is 0.627 bits per heavy atom. The maximum Gasteiger partial charge on any atom is 0.397 e. The molecule has 0 bridgehead atoms. The summed E-state index contributed by atoms with van der Waals surface area (Å²) in [5.41, 5.74) is 0. The third-order valence-electron chi connectivity index (χ3n) is 7.10. The Morgan fingerprint density at radius 2 is 1.18 bits per heavy atom. The zero-order valence-electron chi connectivity index (χ0n) is 24.7. The monoisotopic (exact) mass is 836 g/mol. The predicted octanol–water partition coefficient (Wildman–Crippen LogP) is -9.03. The number of aliphatic carboxylic acids is 1. The molecule has 3 aliphatic rings. The first-order valence-corrected chi connectivity index (χ1v) is 19.0. The van der Waals surface area contributed by atoms with Crippen molar-refractivity contribution in [3.63, 3.8) is 0 Å². The summed E-state index contributed by atoms with van der Waals surface area (Å²) in [6, 6.07) is -4.63. The number of carbonyl (C=O) groups is 1. The molecular formula is C18H32N2O27S4. The standard InChI is InChI=1S/C18H32N2O27S4/c21-1-3-7(22)8(23)6(20-49(32,33)34)17(43-3)45-12-10(25)13(47-51(38,39)40)18(46-14(12)15(26)27)44-11-4(2-41-50(35,36)37)42-16(28)5(9(11)24)19-48(29,30)31/h3-14,16-25,28H,1-2H2,(H,26,27)(H,29,30,31)(H,32,33,34)(H,35,36,37)(H,38,39,40)/t3-,4-,5-,6-,7-,8-,9-,10+,11-,12+,13-,14-,16?,17-,18-/m1/s1. The van der Waals surface area contributed by atoms with E-state index in [0.29, 0.717) is 0 Å². The summed E-state index contributed by atoms with van der Waals surface area (Å²) >= 11 is 0. The van der Waals surface area contributed by atoms with E-state index in [9.17, 15) is 83.3 Å². The van der Waals surface area contributed by atoms with E-state index in [0.717, 1.165) is 0 Å². The van der Waals surface area contributed by atoms with Crippen LogP contribution < -0.4 is 9.44 Å². The molecule has 3 fully saturated rings. The predicted molar refractivity (Wildman–Crippen MR) is 148 cm³/mol. The second-order valence-electron chi connectivity index (χ2n) is 10.7. The molecular weight excluding hydrogens is 804 g/mol. The second kappa shape index (κ2) is 16.5. The van der Waals surface area contributed by atoms with Crippen LogP contribution in [0.5, 0.6) is 0 Å². The summed E-state index contributed by atoms with van der Waals surface area (Å²) in [5, 5.41) is 72.1. The highest BCUT2D eigenvalue weighted by molar-refractivity contribution is 7.84. The Labute approximate surface area is 286 Å². The molecule has 3 aliphatic heterocycles. The van der Waals surface area contributed by atoms with E-state index < -0.39 is 153 Å². The van der Waals surface area contributed by atoms with Gasteiger partial charge in [0, 0.05) is 0 Å². The van der Waals surface area contributed by atoms with Gasteiger partial charge in [-0.05, 0) is 0 Å². The van der Waals surface area contributed by atoms with Crippen LogP contribution in [-0.2, 0) is 78.3 Å². The van der Waals surface area contributed by atoms with E-state index in [1.54, 1.807) is 0 Å². The normalized spacial score (nSPS) is 40.2. The summed E-state index contributed by atoms with van der Waals surface area (Å²) < 4.78 is 165. The first kappa shape index (κ1) is 43.9. The molecule has 15 atom stereocenters. The number of rotatable bonds is 15. The number of nitrogens with one attached hydrogen (secondary N) is 2. The van der Waals surface area contributed by atoms with Gasteiger partial charge in [-0.1, -0.05) is 0 Å². The molecule has 0 saturated carbocycles. The first-order valence-electron chi connectivity index (χ1n) is 13.4. The SMILES string of the molecule is O=C(O)[C@@H]1O[C@@H](O[C@H]2[C@H](O)[C@@H](NS(=O)(=O)O)C(O)O[C@@H]2COS(=O)(=O)O)[C@H](OS(=O)(=O)O)[C@@H](O)[C@@H]1O[C@H]1O[C@H](CO)[C@@H](O)[C@H](O)[C@H]1NS(=O)(=O)O. The van der Waals surface area contributed by atoms with Crippen LogP contribution in [0.15, 0.2) is 0 Å². The van der Waals surface area contributed by atoms with Gasteiger partial charge in [0.25, 0.3) is 0 Å². The molecule has 0 aromatic rings. The highest BCUT2D eigenvalue weighted by atomic mass is 32.3. The Balaban J connectivity index is 2.05. The van der Waals surface area contributed by atoms with Gasteiger partial charge in [-0.25, -0.2) is 13.2 Å². The molecule has 0 amide bonds. The fourth-order valence-corrected chi connectivity index (χ4v) is 7.01. The largest absolute Gasteiger partial charge is 0.479 e. The van der Waals surface area contributed by atoms with Crippen LogP contribution in [0.1, 0.15) is 0 Å². The molecule has 1 unspecified atom stereocenters. The quantitative estimate of drug-likeness (QED) is 0.0681. The summed E-state index contributed by atoms with van der Waals surface area (Å²) in [5.74, 6) is -2.15. The number of carboxylic acid groups (broad SMARTS) is 1. The molecule has 0 aromatic heterocycles. The zero-order chi connectivity index (χ0) is 39.0. The van der Waals surface area contributed by atoms with Crippen LogP contribution in [0.3, 0.4) is 0 Å². The van der Waals surface area contributed by atoms with Crippen molar-refractivity contribution in [1.29, 1.82) is 0 Å². The summed E-state index contributed by atoms with van der Waals surface area (Å²) in [6.07, 6.45) is -31.9. The molecule has 0 spiro atoms. The number of hydrogen-bond acceptors (Lipinski definition) is 22. The Morgan fingerprint density at radius 3 is 1.67 bits per heavy atom. The van der Waals surface area contributed by atoms with Crippen LogP contribution in [0.2, 0.25) is 0 Å². The van der Waals surface area contributed by atoms with Gasteiger partial charge in [-0.3, -0.25) is 18.2 Å². The topological polar surface area (TPSA) is 465 Å². The minimum absolute atomic E-state index is 1.12. The van der Waals surface area contributed by atoms with Crippen LogP contribution >= 0.6 is 0 Å². The van der Waals surface area contributed by atoms with Gasteiger partial charge < -0.3 is 59.4 Å². The minimum Gasteiger partial charge on any atom is -0.479 e. The summed E-state index contributed by atoms with van der Waals surface area (Å²) in [4.78, 5) is 12.3. The summed E-state index contributed by atoms with van der Waals surface area (Å²) in [6.45, 7) is -2.55. The fourth-order valence-electron chi connectivity index (χ4n) is 5.02. The van der Waals surface area contributed by atoms with Crippen molar-refractivity contribution in [2.24, 2.45) is 0 Å². The zero-order valence-corrected chi connectivity index (χ0v) is 27.9. The average Bonchev–Trinajstić information content (AvgIpc) is 2.95. The van der Waals surface area contributed by atoms with E-state index in [2.05, 4.69) is 8.37 Å². The smallest absolute Gasteiger partial charge is 0.397 e. The van der Waals surface area contributed by atoms with Gasteiger partial charge >= 0.3 is 47.4 Å². The van der Waals surface area contributed by atoms with Gasteiger partial charge in [0.1, 0.15) is 60.9 Å². The lowest BCUT2D eigenvalue weighted by Gasteiger charge is -2.48. The Bertz CT molecular complexity index is 1660. The second-order valence-corrected chi connectivity index (χ2v) is 15.2. The summed E-state index contributed by atoms with van der Waals surface area (Å²) in [7, 11) is -21.7. The molecule has 3 heterocycles. The molecule has 3 saturated heterocycles. The number of ether oxygens (including phenoxy) is 5. The lowest BCUT2D eigenvalue weighted by molar-refractivity contribution is -0.357. The van der Waals surface area contributed by atoms with Crippen molar-refractivity contribution >= 4 is 47.4 Å². The fraction of sp³-hybridized carbons (Fsp3) is 0.944. The highest BCUT2D eigenvalue weighted by Crippen LogP contribution is 2.34. The average molecular weight is 837 g/mol. The van der Waals surface area contributed by atoms with Crippen molar-refractivity contribution in [2.45, 2.75) is 92.0 Å². The molecule has 29 nitrogen and oxygen atoms in total. The molecule has 0 aromatic carbocycles. The Hall–Kier alpha value is -1.49. The molecule has 0 radical (unpaired) electrons. The number of hydrogen-bond donors (Lipinski definition) is 13. The maximum absolute atomic E-state index is 12.3. The maximum atomic E-state index is 12.3. The minimum atomic E-state index is -5.77. The van der Waals surface area contributed by atoms with Crippen LogP contribution in [-0.4, -0.2) is 199 Å². The number of aliphatic hydroxyl groups is 6. The third kappa shape index (κ3) is 12.0. The Kier molecular flexibility index (Phi) is 14.2. The van der Waals surface area contributed by atoms with Gasteiger partial charge in [0.15, 0.2) is 31.1 Å². The van der Waals surface area contributed by atoms with Crippen LogP contribution in [0.25, 0.3) is 0 Å². The molecule has 33 heteroatoms. The molecule has 51 heavy (non-hydrogen) atoms. The van der Waals surface area contributed by atoms with Crippen molar-refractivity contribution in [3.05, 3.63) is 0 Å². The molecule has 13 N–H and O–H groups in total. The first-order chi connectivity index (χ1) is 23.1. The van der Waals surface area contributed by atoms with E-state index in [1.807, 2.05) is 0 Å². The lowest BCUT2D eigenvalue weighted by Crippen LogP contribution is -2.69. The van der Waals surface area contributed by atoms with Gasteiger partial charge in [0.05, 0.1) is 13.2 Å². The van der Waals surface area contributed by atoms with Crippen LogP contribution in [0.4, 0.5) is 0 Å². The van der Waals surface area contributed by atoms with E-state index in [4.69, 9.17) is 32.8 Å². The van der Waals surface area contributed by atoms with Crippen molar-refractivity contribution in [2.75, 3.05) is 13.2 Å². The van der Waals surface area contributed by atoms with Gasteiger partial charge in [0.2, 0.25) is 0 Å². The lowest BCUT2D eigenvalue weighted by atomic mass is 9.95. The van der Waals surface area contributed by atoms with Gasteiger partial charge in [-0.15, -0.1) is 0 Å². The molecule has 300 valence electrons. The van der Waals surface area contributed by atoms with Crippen LogP contribution in [0, 0.1) is 0 Å². The van der Waals surface area contributed by atoms with Crippen molar-refractivity contribution < 1.29 is 124 Å². The van der Waals surface area contributed by atoms with Crippen molar-refractivity contribution in [3.8, 4) is 0 Å².